The second-order valence-electron chi connectivity index (χ2n) is 10.5. The van der Waals surface area contributed by atoms with Crippen molar-refractivity contribution in [2.24, 2.45) is 5.41 Å². The molecule has 2 fully saturated rings. The van der Waals surface area contributed by atoms with E-state index in [1.54, 1.807) is 6.07 Å². The molecule has 1 atom stereocenters. The zero-order valence-corrected chi connectivity index (χ0v) is 20.5. The van der Waals surface area contributed by atoms with E-state index in [2.05, 4.69) is 31.3 Å². The van der Waals surface area contributed by atoms with Gasteiger partial charge >= 0.3 is 5.97 Å². The van der Waals surface area contributed by atoms with E-state index in [0.29, 0.717) is 37.6 Å². The highest BCUT2D eigenvalue weighted by atomic mass is 32.2. The summed E-state index contributed by atoms with van der Waals surface area (Å²) in [5.74, 6) is -0.702. The minimum atomic E-state index is -3.56. The van der Waals surface area contributed by atoms with Gasteiger partial charge < -0.3 is 15.2 Å². The Labute approximate surface area is 201 Å². The van der Waals surface area contributed by atoms with E-state index >= 15 is 0 Å². The summed E-state index contributed by atoms with van der Waals surface area (Å²) >= 11 is 0. The first-order valence-corrected chi connectivity index (χ1v) is 13.4. The number of hydrogen-bond donors (Lipinski definition) is 2. The zero-order chi connectivity index (χ0) is 24.1. The van der Waals surface area contributed by atoms with Crippen molar-refractivity contribution in [1.29, 1.82) is 0 Å². The van der Waals surface area contributed by atoms with Crippen molar-refractivity contribution < 1.29 is 23.1 Å². The molecule has 2 aliphatic heterocycles. The van der Waals surface area contributed by atoms with Crippen LogP contribution in [0.25, 0.3) is 0 Å². The standard InChI is InChI=1S/C26H32N2O5S/c1-25(2)17-23(19-5-3-4-18(14-19)16-26(8-9-26)24(29)30)27-22-7-6-20(15-21(22)25)34(31,32)28-10-12-33-13-11-28/h3-7,14-15,23,27H,8-13,16-17H2,1-2H3,(H,29,30). The van der Waals surface area contributed by atoms with E-state index in [4.69, 9.17) is 4.74 Å². The van der Waals surface area contributed by atoms with E-state index in [9.17, 15) is 18.3 Å². The Morgan fingerprint density at radius 2 is 1.88 bits per heavy atom. The van der Waals surface area contributed by atoms with Gasteiger partial charge in [-0.2, -0.15) is 4.31 Å². The number of nitrogens with one attached hydrogen (secondary N) is 1. The summed E-state index contributed by atoms with van der Waals surface area (Å²) in [6.45, 7) is 5.90. The highest BCUT2D eigenvalue weighted by Crippen LogP contribution is 2.49. The molecule has 5 rings (SSSR count). The largest absolute Gasteiger partial charge is 0.481 e. The number of ether oxygens (including phenoxy) is 1. The lowest BCUT2D eigenvalue weighted by atomic mass is 9.74. The number of carboxylic acid groups (broad SMARTS) is 1. The maximum Gasteiger partial charge on any atom is 0.309 e. The Bertz CT molecular complexity index is 1210. The van der Waals surface area contributed by atoms with Crippen LogP contribution in [-0.2, 0) is 31.4 Å². The molecule has 2 heterocycles. The van der Waals surface area contributed by atoms with Gasteiger partial charge in [0.15, 0.2) is 0 Å². The topological polar surface area (TPSA) is 95.9 Å². The van der Waals surface area contributed by atoms with Crippen LogP contribution in [0.3, 0.4) is 0 Å². The Balaban J connectivity index is 1.41. The van der Waals surface area contributed by atoms with Gasteiger partial charge in [-0.3, -0.25) is 4.79 Å². The molecule has 182 valence electrons. The number of rotatable bonds is 6. The molecule has 2 aromatic rings. The highest BCUT2D eigenvalue weighted by molar-refractivity contribution is 7.89. The molecule has 2 N–H and O–H groups in total. The second-order valence-corrected chi connectivity index (χ2v) is 12.5. The van der Waals surface area contributed by atoms with Crippen LogP contribution in [-0.4, -0.2) is 50.1 Å². The minimum absolute atomic E-state index is 0.0594. The van der Waals surface area contributed by atoms with Crippen LogP contribution in [0, 0.1) is 5.41 Å². The van der Waals surface area contributed by atoms with Crippen LogP contribution >= 0.6 is 0 Å². The summed E-state index contributed by atoms with van der Waals surface area (Å²) in [6.07, 6.45) is 2.84. The Hall–Kier alpha value is -2.42. The molecular formula is C26H32N2O5S. The lowest BCUT2D eigenvalue weighted by molar-refractivity contribution is -0.143. The third kappa shape index (κ3) is 4.23. The maximum absolute atomic E-state index is 13.2. The summed E-state index contributed by atoms with van der Waals surface area (Å²) < 4.78 is 33.2. The van der Waals surface area contributed by atoms with Crippen molar-refractivity contribution in [3.8, 4) is 0 Å². The number of morpholine rings is 1. The van der Waals surface area contributed by atoms with E-state index in [1.807, 2.05) is 24.3 Å². The van der Waals surface area contributed by atoms with Crippen LogP contribution < -0.4 is 5.32 Å². The monoisotopic (exact) mass is 484 g/mol. The van der Waals surface area contributed by atoms with Crippen LogP contribution in [0.5, 0.6) is 0 Å². The van der Waals surface area contributed by atoms with Crippen molar-refractivity contribution in [2.75, 3.05) is 31.6 Å². The van der Waals surface area contributed by atoms with E-state index < -0.39 is 21.4 Å². The van der Waals surface area contributed by atoms with Crippen LogP contribution in [0.2, 0.25) is 0 Å². The van der Waals surface area contributed by atoms with Gasteiger partial charge in [0, 0.05) is 18.8 Å². The summed E-state index contributed by atoms with van der Waals surface area (Å²) in [6, 6.07) is 13.7. The molecule has 7 nitrogen and oxygen atoms in total. The Morgan fingerprint density at radius 3 is 2.56 bits per heavy atom. The van der Waals surface area contributed by atoms with Crippen molar-refractivity contribution in [1.82, 2.24) is 4.31 Å². The van der Waals surface area contributed by atoms with E-state index in [-0.39, 0.29) is 11.5 Å². The van der Waals surface area contributed by atoms with E-state index in [1.165, 1.54) is 4.31 Å². The van der Waals surface area contributed by atoms with Gasteiger partial charge in [0.25, 0.3) is 0 Å². The van der Waals surface area contributed by atoms with Crippen LogP contribution in [0.1, 0.15) is 55.8 Å². The van der Waals surface area contributed by atoms with Gasteiger partial charge in [-0.05, 0) is 66.0 Å². The molecule has 0 bridgehead atoms. The molecule has 2 aromatic carbocycles. The number of nitrogens with zero attached hydrogens (tertiary/aromatic N) is 1. The number of fused-ring (bicyclic) bond motifs is 1. The molecule has 0 radical (unpaired) electrons. The molecule has 0 spiro atoms. The van der Waals surface area contributed by atoms with Crippen molar-refractivity contribution in [3.05, 3.63) is 59.2 Å². The number of carbonyl (C=O) groups is 1. The molecule has 1 aliphatic carbocycles. The number of anilines is 1. The predicted molar refractivity (Wildman–Crippen MR) is 129 cm³/mol. The first-order chi connectivity index (χ1) is 16.1. The van der Waals surface area contributed by atoms with Gasteiger partial charge in [0.05, 0.1) is 29.6 Å². The quantitative estimate of drug-likeness (QED) is 0.645. The summed E-state index contributed by atoms with van der Waals surface area (Å²) in [4.78, 5) is 12.0. The maximum atomic E-state index is 13.2. The molecule has 1 saturated carbocycles. The first-order valence-electron chi connectivity index (χ1n) is 11.9. The molecule has 34 heavy (non-hydrogen) atoms. The van der Waals surface area contributed by atoms with Crippen LogP contribution in [0.4, 0.5) is 5.69 Å². The normalized spacial score (nSPS) is 23.5. The molecule has 0 amide bonds. The van der Waals surface area contributed by atoms with Crippen molar-refractivity contribution in [3.63, 3.8) is 0 Å². The molecular weight excluding hydrogens is 452 g/mol. The first kappa shape index (κ1) is 23.3. The SMILES string of the molecule is CC1(C)CC(c2cccc(CC3(C(=O)O)CC3)c2)Nc2ccc(S(=O)(=O)N3CCOCC3)cc21. The van der Waals surface area contributed by atoms with Gasteiger partial charge in [-0.15, -0.1) is 0 Å². The van der Waals surface area contributed by atoms with Gasteiger partial charge in [0.1, 0.15) is 0 Å². The fraction of sp³-hybridized carbons (Fsp3) is 0.500. The molecule has 1 saturated heterocycles. The Kier molecular flexibility index (Phi) is 5.73. The van der Waals surface area contributed by atoms with Gasteiger partial charge in [-0.1, -0.05) is 38.1 Å². The Morgan fingerprint density at radius 1 is 1.15 bits per heavy atom. The van der Waals surface area contributed by atoms with Gasteiger partial charge in [0.2, 0.25) is 10.0 Å². The fourth-order valence-corrected chi connectivity index (χ4v) is 6.73. The molecule has 0 aromatic heterocycles. The average molecular weight is 485 g/mol. The molecule has 1 unspecified atom stereocenters. The van der Waals surface area contributed by atoms with Crippen LogP contribution in [0.15, 0.2) is 47.4 Å². The molecule has 3 aliphatic rings. The summed E-state index contributed by atoms with van der Waals surface area (Å²) in [7, 11) is -3.56. The van der Waals surface area contributed by atoms with Crippen molar-refractivity contribution >= 4 is 21.7 Å². The predicted octanol–water partition coefficient (Wildman–Crippen LogP) is 3.95. The number of benzene rings is 2. The third-order valence-corrected chi connectivity index (χ3v) is 9.47. The third-order valence-electron chi connectivity index (χ3n) is 7.58. The van der Waals surface area contributed by atoms with Crippen molar-refractivity contribution in [2.45, 2.75) is 55.9 Å². The number of carboxylic acids is 1. The number of hydrogen-bond acceptors (Lipinski definition) is 5. The minimum Gasteiger partial charge on any atom is -0.481 e. The second kappa shape index (κ2) is 8.36. The summed E-state index contributed by atoms with van der Waals surface area (Å²) in [5.41, 5.74) is 3.29. The lowest BCUT2D eigenvalue weighted by Gasteiger charge is -2.39. The number of aliphatic carboxylic acids is 1. The lowest BCUT2D eigenvalue weighted by Crippen LogP contribution is -2.40. The average Bonchev–Trinajstić information content (AvgIpc) is 3.60. The smallest absolute Gasteiger partial charge is 0.309 e. The van der Waals surface area contributed by atoms with E-state index in [0.717, 1.165) is 41.6 Å². The highest BCUT2D eigenvalue weighted by Gasteiger charge is 2.50. The van der Waals surface area contributed by atoms with Gasteiger partial charge in [-0.25, -0.2) is 8.42 Å². The zero-order valence-electron chi connectivity index (χ0n) is 19.7. The fourth-order valence-electron chi connectivity index (χ4n) is 5.29. The number of sulfonamides is 1. The molecule has 8 heteroatoms. The summed E-state index contributed by atoms with van der Waals surface area (Å²) in [5, 5.41) is 13.2.